The number of amides is 1. The number of ether oxygens (including phenoxy) is 1. The van der Waals surface area contributed by atoms with Crippen molar-refractivity contribution in [2.45, 2.75) is 18.6 Å². The lowest BCUT2D eigenvalue weighted by Gasteiger charge is -2.10. The normalized spacial score (nSPS) is 16.0. The van der Waals surface area contributed by atoms with Gasteiger partial charge in [-0.1, -0.05) is 11.8 Å². The predicted molar refractivity (Wildman–Crippen MR) is 106 cm³/mol. The van der Waals surface area contributed by atoms with E-state index < -0.39 is 17.1 Å². The number of thiazole rings is 1. The number of aliphatic imine (C=N–C) groups is 1. The number of amidine groups is 1. The quantitative estimate of drug-likeness (QED) is 0.626. The molecule has 0 bridgehead atoms. The van der Waals surface area contributed by atoms with Gasteiger partial charge < -0.3 is 20.9 Å². The zero-order valence-electron chi connectivity index (χ0n) is 14.5. The number of benzene rings is 1. The number of nitrogen functional groups attached to an aromatic ring is 1. The largest absolute Gasteiger partial charge is 0.493 e. The average Bonchev–Trinajstić information content (AvgIpc) is 3.24. The van der Waals surface area contributed by atoms with Gasteiger partial charge in [-0.25, -0.2) is 4.98 Å². The van der Waals surface area contributed by atoms with Crippen LogP contribution in [0.25, 0.3) is 0 Å². The first-order valence-corrected chi connectivity index (χ1v) is 9.86. The SMILES string of the molecule is Cc1ncsc1CCOc1cc(N)cc(C(=O)NC2=NCC(C(=O)O)S2)c1. The highest BCUT2D eigenvalue weighted by molar-refractivity contribution is 8.15. The van der Waals surface area contributed by atoms with E-state index in [1.807, 2.05) is 6.92 Å². The minimum atomic E-state index is -0.955. The van der Waals surface area contributed by atoms with Gasteiger partial charge in [-0.15, -0.1) is 11.3 Å². The molecule has 0 saturated heterocycles. The Kier molecular flexibility index (Phi) is 5.97. The molecular weight excluding hydrogens is 388 g/mol. The highest BCUT2D eigenvalue weighted by atomic mass is 32.2. The van der Waals surface area contributed by atoms with Crippen molar-refractivity contribution in [3.05, 3.63) is 39.8 Å². The minimum absolute atomic E-state index is 0.137. The van der Waals surface area contributed by atoms with Crippen molar-refractivity contribution < 1.29 is 19.4 Å². The topological polar surface area (TPSA) is 127 Å². The molecule has 2 aromatic rings. The molecule has 1 atom stereocenters. The van der Waals surface area contributed by atoms with E-state index in [0.717, 1.165) is 28.8 Å². The number of hydrogen-bond donors (Lipinski definition) is 3. The molecule has 1 unspecified atom stereocenters. The van der Waals surface area contributed by atoms with Crippen LogP contribution in [0.5, 0.6) is 5.75 Å². The van der Waals surface area contributed by atoms with Crippen molar-refractivity contribution in [1.82, 2.24) is 10.3 Å². The van der Waals surface area contributed by atoms with E-state index in [9.17, 15) is 9.59 Å². The summed E-state index contributed by atoms with van der Waals surface area (Å²) in [7, 11) is 0. The number of thioether (sulfide) groups is 1. The van der Waals surface area contributed by atoms with Crippen LogP contribution in [0, 0.1) is 6.92 Å². The number of aromatic nitrogens is 1. The predicted octanol–water partition coefficient (Wildman–Crippen LogP) is 1.94. The summed E-state index contributed by atoms with van der Waals surface area (Å²) in [5.41, 5.74) is 9.39. The number of anilines is 1. The van der Waals surface area contributed by atoms with Crippen LogP contribution in [-0.4, -0.2) is 45.5 Å². The first kappa shape index (κ1) is 19.2. The molecule has 1 aromatic heterocycles. The number of nitrogens with zero attached hydrogens (tertiary/aromatic N) is 2. The van der Waals surface area contributed by atoms with Crippen LogP contribution in [0.2, 0.25) is 0 Å². The number of nitrogens with two attached hydrogens (primary N) is 1. The van der Waals surface area contributed by atoms with Gasteiger partial charge in [-0.05, 0) is 19.1 Å². The van der Waals surface area contributed by atoms with Gasteiger partial charge in [-0.2, -0.15) is 0 Å². The number of hydrogen-bond acceptors (Lipinski definition) is 8. The van der Waals surface area contributed by atoms with E-state index >= 15 is 0 Å². The monoisotopic (exact) mass is 406 g/mol. The Labute approximate surface area is 163 Å². The highest BCUT2D eigenvalue weighted by Crippen LogP contribution is 2.22. The maximum Gasteiger partial charge on any atom is 0.319 e. The van der Waals surface area contributed by atoms with E-state index in [1.54, 1.807) is 29.0 Å². The summed E-state index contributed by atoms with van der Waals surface area (Å²) in [5, 5.41) is 11.2. The van der Waals surface area contributed by atoms with E-state index in [-0.39, 0.29) is 11.7 Å². The van der Waals surface area contributed by atoms with Gasteiger partial charge in [0.25, 0.3) is 5.91 Å². The number of carboxylic acid groups (broad SMARTS) is 1. The van der Waals surface area contributed by atoms with Gasteiger partial charge in [0.2, 0.25) is 0 Å². The first-order valence-electron chi connectivity index (χ1n) is 8.10. The zero-order valence-corrected chi connectivity index (χ0v) is 16.1. The van der Waals surface area contributed by atoms with Crippen molar-refractivity contribution in [2.75, 3.05) is 18.9 Å². The van der Waals surface area contributed by atoms with Gasteiger partial charge in [0.05, 0.1) is 24.4 Å². The standard InChI is InChI=1S/C17H18N4O4S2/c1-9-13(26-8-20-9)2-3-25-12-5-10(4-11(18)6-12)15(22)21-17-19-7-14(27-17)16(23)24/h4-6,8,14H,2-3,7,18H2,1H3,(H,23,24)(H,19,21,22). The lowest BCUT2D eigenvalue weighted by molar-refractivity contribution is -0.136. The molecule has 0 aliphatic carbocycles. The molecule has 10 heteroatoms. The maximum atomic E-state index is 12.4. The summed E-state index contributed by atoms with van der Waals surface area (Å²) in [5.74, 6) is -0.877. The Morgan fingerprint density at radius 1 is 1.41 bits per heavy atom. The summed E-state index contributed by atoms with van der Waals surface area (Å²) in [6.07, 6.45) is 0.719. The third kappa shape index (κ3) is 4.98. The van der Waals surface area contributed by atoms with Gasteiger partial charge in [0.1, 0.15) is 11.0 Å². The van der Waals surface area contributed by atoms with Crippen molar-refractivity contribution in [1.29, 1.82) is 0 Å². The number of aryl methyl sites for hydroxylation is 1. The Hall–Kier alpha value is -2.59. The number of nitrogens with one attached hydrogen (secondary N) is 1. The van der Waals surface area contributed by atoms with E-state index in [0.29, 0.717) is 23.6 Å². The molecular formula is C17H18N4O4S2. The Morgan fingerprint density at radius 3 is 2.89 bits per heavy atom. The third-order valence-electron chi connectivity index (χ3n) is 3.78. The summed E-state index contributed by atoms with van der Waals surface area (Å²) in [6, 6.07) is 4.78. The van der Waals surface area contributed by atoms with E-state index in [1.165, 1.54) is 6.07 Å². The molecule has 142 valence electrons. The summed E-state index contributed by atoms with van der Waals surface area (Å²) in [6.45, 7) is 2.53. The average molecular weight is 406 g/mol. The van der Waals surface area contributed by atoms with Crippen LogP contribution >= 0.6 is 23.1 Å². The molecule has 0 saturated carbocycles. The van der Waals surface area contributed by atoms with Crippen LogP contribution in [0.15, 0.2) is 28.7 Å². The van der Waals surface area contributed by atoms with Crippen LogP contribution in [0.3, 0.4) is 0 Å². The highest BCUT2D eigenvalue weighted by Gasteiger charge is 2.27. The van der Waals surface area contributed by atoms with Crippen LogP contribution in [-0.2, 0) is 11.2 Å². The molecule has 0 spiro atoms. The fraction of sp³-hybridized carbons (Fsp3) is 0.294. The Balaban J connectivity index is 1.60. The molecule has 1 aliphatic heterocycles. The summed E-state index contributed by atoms with van der Waals surface area (Å²) < 4.78 is 5.73. The first-order chi connectivity index (χ1) is 12.9. The number of rotatable bonds is 6. The van der Waals surface area contributed by atoms with Crippen LogP contribution < -0.4 is 15.8 Å². The molecule has 3 rings (SSSR count). The van der Waals surface area contributed by atoms with Crippen LogP contribution in [0.1, 0.15) is 20.9 Å². The summed E-state index contributed by atoms with van der Waals surface area (Å²) >= 11 is 2.59. The molecule has 2 heterocycles. The van der Waals surface area contributed by atoms with Gasteiger partial charge in [-0.3, -0.25) is 14.6 Å². The Bertz CT molecular complexity index is 897. The minimum Gasteiger partial charge on any atom is -0.493 e. The van der Waals surface area contributed by atoms with Crippen molar-refractivity contribution in [3.63, 3.8) is 0 Å². The summed E-state index contributed by atoms with van der Waals surface area (Å²) in [4.78, 5) is 32.8. The second kappa shape index (κ2) is 8.40. The molecule has 1 amide bonds. The molecule has 8 nitrogen and oxygen atoms in total. The van der Waals surface area contributed by atoms with Gasteiger partial charge >= 0.3 is 5.97 Å². The Morgan fingerprint density at radius 2 is 2.22 bits per heavy atom. The fourth-order valence-electron chi connectivity index (χ4n) is 2.41. The lowest BCUT2D eigenvalue weighted by Crippen LogP contribution is -2.28. The van der Waals surface area contributed by atoms with E-state index in [2.05, 4.69) is 15.3 Å². The second-order valence-corrected chi connectivity index (χ2v) is 7.93. The second-order valence-electron chi connectivity index (χ2n) is 5.79. The fourth-order valence-corrected chi connectivity index (χ4v) is 3.99. The van der Waals surface area contributed by atoms with Gasteiger partial charge in [0, 0.05) is 28.6 Å². The van der Waals surface area contributed by atoms with Crippen LogP contribution in [0.4, 0.5) is 5.69 Å². The lowest BCUT2D eigenvalue weighted by atomic mass is 10.2. The van der Waals surface area contributed by atoms with Crippen molar-refractivity contribution in [2.24, 2.45) is 4.99 Å². The number of carboxylic acids is 1. The molecule has 1 aromatic carbocycles. The van der Waals surface area contributed by atoms with Crippen molar-refractivity contribution >= 4 is 45.8 Å². The zero-order chi connectivity index (χ0) is 19.4. The number of carbonyl (C=O) groups is 2. The molecule has 27 heavy (non-hydrogen) atoms. The number of aliphatic carboxylic acids is 1. The smallest absolute Gasteiger partial charge is 0.319 e. The number of carbonyl (C=O) groups excluding carboxylic acids is 1. The molecule has 0 radical (unpaired) electrons. The van der Waals surface area contributed by atoms with Gasteiger partial charge in [0.15, 0.2) is 5.17 Å². The van der Waals surface area contributed by atoms with E-state index in [4.69, 9.17) is 15.6 Å². The molecule has 1 aliphatic rings. The van der Waals surface area contributed by atoms with Crippen molar-refractivity contribution in [3.8, 4) is 5.75 Å². The molecule has 4 N–H and O–H groups in total. The maximum absolute atomic E-state index is 12.4. The molecule has 0 fully saturated rings. The third-order valence-corrected chi connectivity index (χ3v) is 5.87.